The standard InChI is InChI=1S/C11H15F3N2O2.C9H10N4O.C4H10/c1-10(2)6-4-16(5-7(6)10)8(17)3-15-9(18)11(12,13)14;10-4-8(11-6-14)7-5-12-13-3-1-2-9(7)13;1-4(2)3/h6-7H,3-5H2,1-2H3,(H,15,18);5-6,8H,1-3H2,(H,11,14);4H,1-3H3. The highest BCUT2D eigenvalue weighted by Crippen LogP contribution is 2.61. The molecule has 0 spiro atoms. The summed E-state index contributed by atoms with van der Waals surface area (Å²) in [4.78, 5) is 34.0. The maximum Gasteiger partial charge on any atom is 0.471 e. The summed E-state index contributed by atoms with van der Waals surface area (Å²) in [5.41, 5.74) is 2.15. The van der Waals surface area contributed by atoms with Gasteiger partial charge in [-0.05, 0) is 36.0 Å². The lowest BCUT2D eigenvalue weighted by Gasteiger charge is -2.22. The Morgan fingerprint density at radius 3 is 2.36 bits per heavy atom. The quantitative estimate of drug-likeness (QED) is 0.588. The van der Waals surface area contributed by atoms with Crippen molar-refractivity contribution in [2.45, 2.75) is 66.2 Å². The van der Waals surface area contributed by atoms with Crippen molar-refractivity contribution in [3.05, 3.63) is 17.5 Å². The molecule has 4 rings (SSSR count). The van der Waals surface area contributed by atoms with Crippen molar-refractivity contribution in [3.8, 4) is 6.07 Å². The molecule has 0 aromatic carbocycles. The van der Waals surface area contributed by atoms with E-state index in [9.17, 15) is 27.6 Å². The van der Waals surface area contributed by atoms with Gasteiger partial charge in [0.05, 0.1) is 18.8 Å². The molecule has 1 aliphatic carbocycles. The van der Waals surface area contributed by atoms with Gasteiger partial charge in [0, 0.05) is 30.9 Å². The van der Waals surface area contributed by atoms with Crippen LogP contribution in [-0.4, -0.2) is 58.7 Å². The van der Waals surface area contributed by atoms with E-state index in [2.05, 4.69) is 45.0 Å². The topological polar surface area (TPSA) is 120 Å². The van der Waals surface area contributed by atoms with Gasteiger partial charge in [-0.3, -0.25) is 19.1 Å². The van der Waals surface area contributed by atoms with Crippen molar-refractivity contribution < 1.29 is 27.6 Å². The van der Waals surface area contributed by atoms with Crippen molar-refractivity contribution in [2.75, 3.05) is 19.6 Å². The molecule has 9 nitrogen and oxygen atoms in total. The number of carbonyl (C=O) groups excluding carboxylic acids is 3. The van der Waals surface area contributed by atoms with E-state index < -0.39 is 30.6 Å². The Morgan fingerprint density at radius 1 is 1.28 bits per heavy atom. The van der Waals surface area contributed by atoms with Crippen molar-refractivity contribution in [3.63, 3.8) is 0 Å². The monoisotopic (exact) mass is 512 g/mol. The number of aromatic nitrogens is 2. The second kappa shape index (κ2) is 11.8. The molecule has 36 heavy (non-hydrogen) atoms. The number of rotatable bonds is 5. The Morgan fingerprint density at radius 2 is 1.86 bits per heavy atom. The number of hydrogen-bond donors (Lipinski definition) is 2. The third-order valence-electron chi connectivity index (χ3n) is 6.57. The van der Waals surface area contributed by atoms with E-state index in [1.54, 1.807) is 11.5 Å². The van der Waals surface area contributed by atoms with Crippen LogP contribution in [0.1, 0.15) is 58.3 Å². The molecule has 1 saturated heterocycles. The summed E-state index contributed by atoms with van der Waals surface area (Å²) in [7, 11) is 0. The van der Waals surface area contributed by atoms with Crippen molar-refractivity contribution >= 4 is 18.2 Å². The molecule has 1 saturated carbocycles. The molecule has 3 unspecified atom stereocenters. The Labute approximate surface area is 209 Å². The van der Waals surface area contributed by atoms with Crippen molar-refractivity contribution in [1.29, 1.82) is 5.26 Å². The minimum atomic E-state index is -4.94. The predicted molar refractivity (Wildman–Crippen MR) is 125 cm³/mol. The minimum Gasteiger partial charge on any atom is -0.341 e. The van der Waals surface area contributed by atoms with E-state index in [0.29, 0.717) is 31.3 Å². The normalized spacial score (nSPS) is 21.5. The summed E-state index contributed by atoms with van der Waals surface area (Å²) in [6.45, 7) is 12.2. The second-order valence-electron chi connectivity index (χ2n) is 10.5. The summed E-state index contributed by atoms with van der Waals surface area (Å²) < 4.78 is 37.6. The lowest BCUT2D eigenvalue weighted by molar-refractivity contribution is -0.174. The van der Waals surface area contributed by atoms with Gasteiger partial charge in [-0.2, -0.15) is 23.5 Å². The first kappa shape index (κ1) is 29.1. The smallest absolute Gasteiger partial charge is 0.341 e. The number of nitriles is 1. The van der Waals surface area contributed by atoms with Gasteiger partial charge >= 0.3 is 12.1 Å². The zero-order chi connectivity index (χ0) is 27.3. The molecule has 3 atom stereocenters. The number of nitrogens with one attached hydrogen (secondary N) is 2. The maximum atomic E-state index is 11.9. The number of alkyl halides is 3. The van der Waals surface area contributed by atoms with Crippen LogP contribution in [0.2, 0.25) is 0 Å². The van der Waals surface area contributed by atoms with Gasteiger partial charge in [0.25, 0.3) is 0 Å². The maximum absolute atomic E-state index is 11.9. The van der Waals surface area contributed by atoms with Crippen LogP contribution in [0, 0.1) is 34.5 Å². The summed E-state index contributed by atoms with van der Waals surface area (Å²) in [5.74, 6) is -0.796. The zero-order valence-corrected chi connectivity index (χ0v) is 21.4. The first-order valence-corrected chi connectivity index (χ1v) is 12.0. The molecule has 1 aromatic rings. The SMILES string of the molecule is CC(C)C.CC1(C)C2CN(C(=O)CNC(=O)C(F)(F)F)CC21.N#CC(NC=O)c1cnn2c1CCC2. The molecule has 3 heterocycles. The number of aryl methyl sites for hydroxylation is 1. The molecule has 3 aliphatic rings. The molecule has 200 valence electrons. The lowest BCUT2D eigenvalue weighted by Crippen LogP contribution is -2.44. The largest absolute Gasteiger partial charge is 0.471 e. The molecule has 2 N–H and O–H groups in total. The van der Waals surface area contributed by atoms with E-state index in [4.69, 9.17) is 5.26 Å². The van der Waals surface area contributed by atoms with Gasteiger partial charge < -0.3 is 15.5 Å². The molecule has 2 aliphatic heterocycles. The average Bonchev–Trinajstić information content (AvgIpc) is 3.33. The van der Waals surface area contributed by atoms with Gasteiger partial charge in [-0.15, -0.1) is 0 Å². The molecule has 3 amide bonds. The molecule has 1 aromatic heterocycles. The number of amides is 3. The molecule has 2 fully saturated rings. The van der Waals surface area contributed by atoms with E-state index in [0.717, 1.165) is 36.6 Å². The fourth-order valence-corrected chi connectivity index (χ4v) is 4.50. The number of fused-ring (bicyclic) bond motifs is 2. The number of hydrogen-bond acceptors (Lipinski definition) is 5. The van der Waals surface area contributed by atoms with Gasteiger partial charge in [-0.1, -0.05) is 34.6 Å². The Hall–Kier alpha value is -3.10. The van der Waals surface area contributed by atoms with Crippen LogP contribution in [0.25, 0.3) is 0 Å². The highest BCUT2D eigenvalue weighted by molar-refractivity contribution is 5.87. The lowest BCUT2D eigenvalue weighted by atomic mass is 10.1. The number of nitrogens with zero attached hydrogens (tertiary/aromatic N) is 4. The highest BCUT2D eigenvalue weighted by Gasteiger charge is 2.62. The van der Waals surface area contributed by atoms with E-state index in [1.807, 2.05) is 10.8 Å². The van der Waals surface area contributed by atoms with E-state index in [-0.39, 0.29) is 5.41 Å². The van der Waals surface area contributed by atoms with Crippen LogP contribution >= 0.6 is 0 Å². The molecular formula is C24H35F3N6O3. The van der Waals surface area contributed by atoms with Gasteiger partial charge in [-0.25, -0.2) is 0 Å². The van der Waals surface area contributed by atoms with Gasteiger partial charge in [0.1, 0.15) is 6.04 Å². The fraction of sp³-hybridized carbons (Fsp3) is 0.708. The molecular weight excluding hydrogens is 477 g/mol. The van der Waals surface area contributed by atoms with Gasteiger partial charge in [0.15, 0.2) is 0 Å². The Bertz CT molecular complexity index is 966. The third-order valence-corrected chi connectivity index (χ3v) is 6.57. The van der Waals surface area contributed by atoms with Crippen LogP contribution in [0.5, 0.6) is 0 Å². The van der Waals surface area contributed by atoms with Crippen LogP contribution in [0.15, 0.2) is 6.20 Å². The van der Waals surface area contributed by atoms with Crippen LogP contribution < -0.4 is 10.6 Å². The number of halogens is 3. The minimum absolute atomic E-state index is 0.242. The van der Waals surface area contributed by atoms with Crippen LogP contribution in [0.4, 0.5) is 13.2 Å². The Kier molecular flexibility index (Phi) is 9.51. The second-order valence-corrected chi connectivity index (χ2v) is 10.5. The van der Waals surface area contributed by atoms with E-state index >= 15 is 0 Å². The predicted octanol–water partition coefficient (Wildman–Crippen LogP) is 2.58. The first-order valence-electron chi connectivity index (χ1n) is 12.0. The van der Waals surface area contributed by atoms with Crippen molar-refractivity contribution in [2.24, 2.45) is 23.2 Å². The zero-order valence-electron chi connectivity index (χ0n) is 21.4. The first-order chi connectivity index (χ1) is 16.7. The summed E-state index contributed by atoms with van der Waals surface area (Å²) in [6, 6.07) is 1.48. The van der Waals surface area contributed by atoms with Crippen LogP contribution in [0.3, 0.4) is 0 Å². The average molecular weight is 513 g/mol. The highest BCUT2D eigenvalue weighted by atomic mass is 19.4. The number of likely N-dealkylation sites (tertiary alicyclic amines) is 1. The summed E-state index contributed by atoms with van der Waals surface area (Å²) in [5, 5.41) is 17.1. The van der Waals surface area contributed by atoms with Crippen LogP contribution in [-0.2, 0) is 27.3 Å². The van der Waals surface area contributed by atoms with Crippen molar-refractivity contribution in [1.82, 2.24) is 25.3 Å². The van der Waals surface area contributed by atoms with Gasteiger partial charge in [0.2, 0.25) is 12.3 Å². The Balaban J connectivity index is 0.000000226. The number of carbonyl (C=O) groups is 3. The fourth-order valence-electron chi connectivity index (χ4n) is 4.50. The third kappa shape index (κ3) is 7.21. The summed E-state index contributed by atoms with van der Waals surface area (Å²) in [6.07, 6.45) is -0.718. The molecule has 0 bridgehead atoms. The molecule has 12 heteroatoms. The number of piperidine rings is 1. The molecule has 0 radical (unpaired) electrons. The summed E-state index contributed by atoms with van der Waals surface area (Å²) >= 11 is 0. The van der Waals surface area contributed by atoms with E-state index in [1.165, 1.54) is 4.90 Å².